The first-order valence-corrected chi connectivity index (χ1v) is 14.7. The number of hydrogen-bond donors (Lipinski definition) is 1. The minimum absolute atomic E-state index is 0.0419. The molecular formula is C34H37BFNO5. The molecule has 8 heteroatoms. The summed E-state index contributed by atoms with van der Waals surface area (Å²) in [5.74, 6) is 0.709. The van der Waals surface area contributed by atoms with E-state index in [-0.39, 0.29) is 24.9 Å². The zero-order valence-corrected chi connectivity index (χ0v) is 24.6. The van der Waals surface area contributed by atoms with Gasteiger partial charge in [0.15, 0.2) is 0 Å². The van der Waals surface area contributed by atoms with E-state index in [1.807, 2.05) is 52.0 Å². The van der Waals surface area contributed by atoms with E-state index < -0.39 is 24.4 Å². The predicted molar refractivity (Wildman–Crippen MR) is 162 cm³/mol. The summed E-state index contributed by atoms with van der Waals surface area (Å²) < 4.78 is 38.8. The van der Waals surface area contributed by atoms with Gasteiger partial charge in [-0.15, -0.1) is 0 Å². The van der Waals surface area contributed by atoms with Gasteiger partial charge >= 0.3 is 13.2 Å². The fourth-order valence-corrected chi connectivity index (χ4v) is 5.48. The van der Waals surface area contributed by atoms with Crippen molar-refractivity contribution in [3.05, 3.63) is 94.7 Å². The molecule has 6 rings (SSSR count). The van der Waals surface area contributed by atoms with Crippen molar-refractivity contribution in [2.24, 2.45) is 5.92 Å². The molecule has 0 unspecified atom stereocenters. The molecule has 0 radical (unpaired) electrons. The predicted octanol–water partition coefficient (Wildman–Crippen LogP) is 7.17. The number of ether oxygens (including phenoxy) is 2. The molecule has 1 aliphatic heterocycles. The van der Waals surface area contributed by atoms with Crippen molar-refractivity contribution < 1.29 is 28.0 Å². The van der Waals surface area contributed by atoms with Crippen LogP contribution in [0.1, 0.15) is 63.1 Å². The number of amides is 1. The molecule has 42 heavy (non-hydrogen) atoms. The van der Waals surface area contributed by atoms with E-state index in [0.29, 0.717) is 29.3 Å². The van der Waals surface area contributed by atoms with E-state index in [9.17, 15) is 9.18 Å². The second-order valence-corrected chi connectivity index (χ2v) is 12.4. The average molecular weight is 569 g/mol. The average Bonchev–Trinajstić information content (AvgIpc) is 3.69. The normalized spacial score (nSPS) is 18.9. The van der Waals surface area contributed by atoms with Gasteiger partial charge in [-0.3, -0.25) is 0 Å². The topological polar surface area (TPSA) is 66.0 Å². The fourth-order valence-electron chi connectivity index (χ4n) is 5.48. The van der Waals surface area contributed by atoms with Gasteiger partial charge < -0.3 is 24.1 Å². The molecule has 1 heterocycles. The molecule has 0 spiro atoms. The number of fused-ring (bicyclic) bond motifs is 3. The van der Waals surface area contributed by atoms with Crippen molar-refractivity contribution >= 4 is 19.3 Å². The Labute approximate surface area is 247 Å². The van der Waals surface area contributed by atoms with E-state index in [1.165, 1.54) is 23.3 Å². The second kappa shape index (κ2) is 11.2. The summed E-state index contributed by atoms with van der Waals surface area (Å²) in [5, 5.41) is 2.88. The van der Waals surface area contributed by atoms with Crippen molar-refractivity contribution in [2.45, 2.75) is 57.7 Å². The summed E-state index contributed by atoms with van der Waals surface area (Å²) in [4.78, 5) is 13.0. The van der Waals surface area contributed by atoms with Gasteiger partial charge in [-0.05, 0) is 92.4 Å². The van der Waals surface area contributed by atoms with Crippen LogP contribution < -0.4 is 10.1 Å². The molecule has 2 aliphatic carbocycles. The highest BCUT2D eigenvalue weighted by atomic mass is 19.1. The lowest BCUT2D eigenvalue weighted by molar-refractivity contribution is 0.00578. The van der Waals surface area contributed by atoms with Gasteiger partial charge in [0.1, 0.15) is 18.2 Å². The number of benzene rings is 3. The van der Waals surface area contributed by atoms with Gasteiger partial charge in [-0.1, -0.05) is 54.6 Å². The largest absolute Gasteiger partial charge is 0.493 e. The SMILES string of the molecule is CC1(C)OB(C(=Cc2cc(F)ccc2OCC2CC2)CNC(=O)OCC2c3ccccc3-c3ccccc32)OC1(C)C. The molecule has 6 nitrogen and oxygen atoms in total. The number of nitrogens with one attached hydrogen (secondary N) is 1. The summed E-state index contributed by atoms with van der Waals surface area (Å²) in [5.41, 5.74) is 4.65. The maximum atomic E-state index is 14.4. The van der Waals surface area contributed by atoms with Gasteiger partial charge in [-0.2, -0.15) is 0 Å². The standard InChI is InChI=1S/C34H37BFNO5/c1-33(2)34(3,4)42-35(41-33)24(17-23-18-25(36)15-16-31(23)39-20-22-13-14-22)19-37-32(38)40-21-30-28-11-7-5-9-26(28)27-10-6-8-12-29(27)30/h5-12,15-18,22,30H,13-14,19-21H2,1-4H3,(H,37,38). The Balaban J connectivity index is 1.19. The van der Waals surface area contributed by atoms with Crippen LogP contribution >= 0.6 is 0 Å². The summed E-state index contributed by atoms with van der Waals surface area (Å²) in [6.07, 6.45) is 3.53. The highest BCUT2D eigenvalue weighted by molar-refractivity contribution is 6.56. The van der Waals surface area contributed by atoms with Crippen LogP contribution in [0.2, 0.25) is 0 Å². The lowest BCUT2D eigenvalue weighted by Crippen LogP contribution is -2.41. The van der Waals surface area contributed by atoms with Gasteiger partial charge in [0.05, 0.1) is 17.8 Å². The number of carbonyl (C=O) groups excluding carboxylic acids is 1. The number of rotatable bonds is 9. The van der Waals surface area contributed by atoms with Crippen LogP contribution in [0, 0.1) is 11.7 Å². The Morgan fingerprint density at radius 2 is 1.57 bits per heavy atom. The van der Waals surface area contributed by atoms with Crippen LogP contribution in [-0.4, -0.2) is 44.2 Å². The Hall–Kier alpha value is -3.62. The minimum Gasteiger partial charge on any atom is -0.493 e. The molecule has 0 bridgehead atoms. The molecule has 2 fully saturated rings. The van der Waals surface area contributed by atoms with Crippen molar-refractivity contribution in [2.75, 3.05) is 19.8 Å². The van der Waals surface area contributed by atoms with E-state index in [2.05, 4.69) is 29.6 Å². The lowest BCUT2D eigenvalue weighted by Gasteiger charge is -2.32. The second-order valence-electron chi connectivity index (χ2n) is 12.4. The summed E-state index contributed by atoms with van der Waals surface area (Å²) >= 11 is 0. The lowest BCUT2D eigenvalue weighted by atomic mass is 9.77. The number of halogens is 1. The summed E-state index contributed by atoms with van der Waals surface area (Å²) in [7, 11) is -0.747. The van der Waals surface area contributed by atoms with Crippen molar-refractivity contribution in [3.8, 4) is 16.9 Å². The number of carbonyl (C=O) groups is 1. The van der Waals surface area contributed by atoms with Crippen molar-refractivity contribution in [3.63, 3.8) is 0 Å². The molecule has 3 aliphatic rings. The minimum atomic E-state index is -0.747. The zero-order valence-electron chi connectivity index (χ0n) is 24.6. The molecule has 1 amide bonds. The van der Waals surface area contributed by atoms with E-state index in [0.717, 1.165) is 24.0 Å². The maximum Gasteiger partial charge on any atom is 0.492 e. The highest BCUT2D eigenvalue weighted by Gasteiger charge is 2.52. The quantitative estimate of drug-likeness (QED) is 0.277. The van der Waals surface area contributed by atoms with E-state index in [1.54, 1.807) is 12.1 Å². The van der Waals surface area contributed by atoms with Crippen LogP contribution in [0.4, 0.5) is 9.18 Å². The summed E-state index contributed by atoms with van der Waals surface area (Å²) in [6.45, 7) is 8.76. The first kappa shape index (κ1) is 28.5. The van der Waals surface area contributed by atoms with Crippen molar-refractivity contribution in [1.29, 1.82) is 0 Å². The third kappa shape index (κ3) is 5.83. The van der Waals surface area contributed by atoms with Crippen molar-refractivity contribution in [1.82, 2.24) is 5.32 Å². The molecule has 218 valence electrons. The smallest absolute Gasteiger partial charge is 0.492 e. The van der Waals surface area contributed by atoms with Crippen LogP contribution in [0.5, 0.6) is 5.75 Å². The Morgan fingerprint density at radius 3 is 2.19 bits per heavy atom. The Bertz CT molecular complexity index is 1450. The monoisotopic (exact) mass is 569 g/mol. The number of hydrogen-bond acceptors (Lipinski definition) is 5. The zero-order chi connectivity index (χ0) is 29.5. The molecule has 0 atom stereocenters. The van der Waals surface area contributed by atoms with E-state index in [4.69, 9.17) is 18.8 Å². The molecule has 1 saturated carbocycles. The van der Waals surface area contributed by atoms with Crippen LogP contribution in [0.3, 0.4) is 0 Å². The van der Waals surface area contributed by atoms with Gasteiger partial charge in [0.2, 0.25) is 0 Å². The number of alkyl carbamates (subject to hydrolysis) is 1. The molecule has 0 aromatic heterocycles. The van der Waals surface area contributed by atoms with Gasteiger partial charge in [-0.25, -0.2) is 9.18 Å². The fraction of sp³-hybridized carbons (Fsp3) is 0.382. The Kier molecular flexibility index (Phi) is 7.62. The highest BCUT2D eigenvalue weighted by Crippen LogP contribution is 2.44. The van der Waals surface area contributed by atoms with Gasteiger partial charge in [0.25, 0.3) is 0 Å². The third-order valence-corrected chi connectivity index (χ3v) is 8.82. The molecule has 3 aromatic carbocycles. The van der Waals surface area contributed by atoms with E-state index >= 15 is 0 Å². The Morgan fingerprint density at radius 1 is 0.952 bits per heavy atom. The molecular weight excluding hydrogens is 532 g/mol. The first-order chi connectivity index (χ1) is 20.1. The van der Waals surface area contributed by atoms with Gasteiger partial charge in [0, 0.05) is 18.0 Å². The third-order valence-electron chi connectivity index (χ3n) is 8.82. The molecule has 1 saturated heterocycles. The van der Waals surface area contributed by atoms with Crippen LogP contribution in [0.25, 0.3) is 17.2 Å². The molecule has 3 aromatic rings. The summed E-state index contributed by atoms with van der Waals surface area (Å²) in [6, 6.07) is 20.9. The maximum absolute atomic E-state index is 14.4. The van der Waals surface area contributed by atoms with Crippen LogP contribution in [-0.2, 0) is 14.0 Å². The van der Waals surface area contributed by atoms with Crippen LogP contribution in [0.15, 0.2) is 72.2 Å². The first-order valence-electron chi connectivity index (χ1n) is 14.7. The molecule has 1 N–H and O–H groups in total.